The Morgan fingerprint density at radius 2 is 1.59 bits per heavy atom. The molecule has 2 aromatic heterocycles. The van der Waals surface area contributed by atoms with Gasteiger partial charge in [-0.3, -0.25) is 9.59 Å². The third-order valence-electron chi connectivity index (χ3n) is 12.7. The molecule has 18 heteroatoms. The minimum absolute atomic E-state index is 0.0423. The first-order valence-corrected chi connectivity index (χ1v) is 21.6. The molecule has 6 atom stereocenters. The van der Waals surface area contributed by atoms with Crippen molar-refractivity contribution in [3.8, 4) is 28.1 Å². The van der Waals surface area contributed by atoms with Gasteiger partial charge in [0, 0.05) is 29.5 Å². The fourth-order valence-electron chi connectivity index (χ4n) is 9.40. The summed E-state index contributed by atoms with van der Waals surface area (Å²) in [5.41, 5.74) is 6.03. The van der Waals surface area contributed by atoms with Gasteiger partial charge < -0.3 is 49.3 Å². The summed E-state index contributed by atoms with van der Waals surface area (Å²) in [6.07, 6.45) is 2.23. The predicted molar refractivity (Wildman–Crippen MR) is 232 cm³/mol. The van der Waals surface area contributed by atoms with E-state index in [1.165, 1.54) is 14.2 Å². The van der Waals surface area contributed by atoms with Gasteiger partial charge in [-0.1, -0.05) is 45.9 Å². The Kier molecular flexibility index (Phi) is 12.5. The molecule has 4 N–H and O–H groups in total. The van der Waals surface area contributed by atoms with Gasteiger partial charge in [0.05, 0.1) is 55.8 Å². The molecule has 3 aromatic carbocycles. The van der Waals surface area contributed by atoms with Crippen LogP contribution in [0.15, 0.2) is 48.7 Å². The number of aromatic nitrogens is 4. The Balaban J connectivity index is 1.05. The van der Waals surface area contributed by atoms with E-state index in [1.54, 1.807) is 24.9 Å². The number of carbonyl (C=O) groups excluding carboxylic acids is 4. The number of ether oxygens (including phenoxy) is 4. The molecule has 2 saturated heterocycles. The van der Waals surface area contributed by atoms with Crippen molar-refractivity contribution in [1.82, 2.24) is 40.4 Å². The molecule has 0 aliphatic carbocycles. The van der Waals surface area contributed by atoms with Crippen LogP contribution in [-0.4, -0.2) is 106 Å². The Labute approximate surface area is 368 Å². The fourth-order valence-corrected chi connectivity index (χ4v) is 9.40. The number of benzene rings is 3. The maximum Gasteiger partial charge on any atom is 0.407 e. The third kappa shape index (κ3) is 8.54. The van der Waals surface area contributed by atoms with Crippen molar-refractivity contribution in [2.24, 2.45) is 17.8 Å². The molecule has 0 radical (unpaired) electrons. The largest absolute Gasteiger partial charge is 0.488 e. The summed E-state index contributed by atoms with van der Waals surface area (Å²) in [4.78, 5) is 72.3. The van der Waals surface area contributed by atoms with Crippen LogP contribution in [0.25, 0.3) is 44.2 Å². The van der Waals surface area contributed by atoms with E-state index in [9.17, 15) is 28.0 Å². The Morgan fingerprint density at radius 1 is 0.875 bits per heavy atom. The van der Waals surface area contributed by atoms with Crippen molar-refractivity contribution in [1.29, 1.82) is 0 Å². The van der Waals surface area contributed by atoms with E-state index in [2.05, 4.69) is 43.5 Å². The van der Waals surface area contributed by atoms with E-state index in [4.69, 9.17) is 24.2 Å². The highest BCUT2D eigenvalue weighted by Crippen LogP contribution is 2.44. The zero-order valence-electron chi connectivity index (χ0n) is 36.9. The summed E-state index contributed by atoms with van der Waals surface area (Å²) in [7, 11) is 2.50. The number of fused-ring (bicyclic) bond motifs is 6. The summed E-state index contributed by atoms with van der Waals surface area (Å²) >= 11 is 0. The van der Waals surface area contributed by atoms with Crippen LogP contribution in [0.2, 0.25) is 0 Å². The summed E-state index contributed by atoms with van der Waals surface area (Å²) < 4.78 is 46.8. The van der Waals surface area contributed by atoms with Crippen LogP contribution < -0.4 is 15.4 Å². The van der Waals surface area contributed by atoms with Crippen molar-refractivity contribution in [2.75, 3.05) is 27.4 Å². The van der Waals surface area contributed by atoms with Gasteiger partial charge in [0.25, 0.3) is 0 Å². The molecule has 4 amide bonds. The second-order valence-corrected chi connectivity index (χ2v) is 17.6. The number of hydrogen-bond donors (Lipinski definition) is 4. The molecular formula is C46H54F2N8O8. The standard InChI is InChI=1S/C46H54F2N8O8/c1-22(2)37(53-45(59)61-6)42(57)55-19-25(20-64-44(47)48)14-35(55)41-50-32-12-10-26-16-31-29-11-9-27(15-28(29)21-63-36(31)17-30(26)39(32)52-41)33-18-49-40(51-33)34-13-8-24(5)56(34)43(58)38(23(3)4)54-46(60)62-7/h9-12,15-18,22-25,34-35,37-38,44H,8,13-14,19-21H2,1-7H3,(H,49,51)(H,50,52)(H,53,59)(H,54,60)/t24-,25-,34-,35-,37-,38-/m0/s1. The average molecular weight is 885 g/mol. The van der Waals surface area contributed by atoms with Crippen molar-refractivity contribution < 1.29 is 46.9 Å². The lowest BCUT2D eigenvalue weighted by molar-refractivity contribution is -0.139. The topological polar surface area (TPSA) is 193 Å². The van der Waals surface area contributed by atoms with E-state index in [-0.39, 0.29) is 48.9 Å². The number of rotatable bonds is 12. The number of H-pyrrole nitrogens is 2. The molecule has 3 aliphatic heterocycles. The average Bonchev–Trinajstić information content (AvgIpc) is 4.10. The Morgan fingerprint density at radius 3 is 2.28 bits per heavy atom. The lowest BCUT2D eigenvalue weighted by atomic mass is 9.92. The van der Waals surface area contributed by atoms with E-state index >= 15 is 0 Å². The number of hydrogen-bond acceptors (Lipinski definition) is 10. The molecule has 64 heavy (non-hydrogen) atoms. The van der Waals surface area contributed by atoms with Crippen molar-refractivity contribution >= 4 is 45.8 Å². The number of likely N-dealkylation sites (tertiary alicyclic amines) is 2. The summed E-state index contributed by atoms with van der Waals surface area (Å²) in [5, 5.41) is 7.09. The number of carbonyl (C=O) groups is 4. The van der Waals surface area contributed by atoms with Crippen LogP contribution in [0.5, 0.6) is 5.75 Å². The van der Waals surface area contributed by atoms with Gasteiger partial charge in [-0.05, 0) is 84.4 Å². The van der Waals surface area contributed by atoms with E-state index < -0.39 is 42.8 Å². The zero-order chi connectivity index (χ0) is 45.6. The van der Waals surface area contributed by atoms with E-state index in [1.807, 2.05) is 49.9 Å². The quantitative estimate of drug-likeness (QED) is 0.0970. The molecule has 0 spiro atoms. The van der Waals surface area contributed by atoms with Crippen molar-refractivity contribution in [3.05, 3.63) is 65.9 Å². The minimum atomic E-state index is -2.95. The molecule has 2 fully saturated rings. The first-order chi connectivity index (χ1) is 30.6. The lowest BCUT2D eigenvalue weighted by Gasteiger charge is -2.32. The normalized spacial score (nSPS) is 20.4. The SMILES string of the molecule is COC(=O)N[C@H](C(=O)N1C[C@@H](COC(F)F)C[C@H]1c1nc2c(ccc3cc4c(cc32)OCc2cc(-c3cnc([C@@H]5CC[C@H](C)N5C(=O)[C@@H](NC(=O)OC)C(C)C)[nH]3)ccc2-4)[nH]1)C(C)C. The van der Waals surface area contributed by atoms with Gasteiger partial charge in [-0.25, -0.2) is 19.6 Å². The van der Waals surface area contributed by atoms with Crippen molar-refractivity contribution in [2.45, 2.75) is 97.3 Å². The molecule has 3 aliphatic rings. The maximum atomic E-state index is 14.0. The number of imidazole rings is 2. The predicted octanol–water partition coefficient (Wildman–Crippen LogP) is 7.61. The monoisotopic (exact) mass is 884 g/mol. The highest BCUT2D eigenvalue weighted by molar-refractivity contribution is 6.07. The van der Waals surface area contributed by atoms with Crippen LogP contribution in [-0.2, 0) is 30.4 Å². The molecular weight excluding hydrogens is 831 g/mol. The summed E-state index contributed by atoms with van der Waals surface area (Å²) in [6, 6.07) is 11.6. The number of methoxy groups -OCH3 is 2. The molecule has 0 unspecified atom stereocenters. The molecule has 340 valence electrons. The number of nitrogens with zero attached hydrogens (tertiary/aromatic N) is 4. The second kappa shape index (κ2) is 18.1. The summed E-state index contributed by atoms with van der Waals surface area (Å²) in [6.45, 7) is 6.66. The zero-order valence-corrected chi connectivity index (χ0v) is 36.9. The molecule has 8 rings (SSSR count). The molecule has 0 saturated carbocycles. The second-order valence-electron chi connectivity index (χ2n) is 17.6. The van der Waals surface area contributed by atoms with Crippen LogP contribution in [0.3, 0.4) is 0 Å². The number of halogens is 2. The highest BCUT2D eigenvalue weighted by Gasteiger charge is 2.43. The third-order valence-corrected chi connectivity index (χ3v) is 12.7. The van der Waals surface area contributed by atoms with E-state index in [0.717, 1.165) is 57.1 Å². The highest BCUT2D eigenvalue weighted by atomic mass is 19.3. The Bertz CT molecular complexity index is 2580. The molecule has 0 bridgehead atoms. The molecule has 5 aromatic rings. The van der Waals surface area contributed by atoms with Crippen LogP contribution in [0.1, 0.15) is 83.2 Å². The van der Waals surface area contributed by atoms with Crippen molar-refractivity contribution in [3.63, 3.8) is 0 Å². The number of aromatic amines is 2. The number of alkyl carbamates (subject to hydrolysis) is 2. The maximum absolute atomic E-state index is 14.0. The van der Waals surface area contributed by atoms with Crippen LogP contribution in [0, 0.1) is 17.8 Å². The van der Waals surface area contributed by atoms with Gasteiger partial charge in [0.2, 0.25) is 11.8 Å². The first kappa shape index (κ1) is 44.3. The first-order valence-electron chi connectivity index (χ1n) is 21.6. The fraction of sp³-hybridized carbons (Fsp3) is 0.478. The molecule has 5 heterocycles. The summed E-state index contributed by atoms with van der Waals surface area (Å²) in [5.74, 6) is 0.469. The number of amides is 4. The van der Waals surface area contributed by atoms with Crippen LogP contribution >= 0.6 is 0 Å². The molecule has 16 nitrogen and oxygen atoms in total. The van der Waals surface area contributed by atoms with Gasteiger partial charge in [0.15, 0.2) is 0 Å². The van der Waals surface area contributed by atoms with Gasteiger partial charge in [-0.2, -0.15) is 8.78 Å². The van der Waals surface area contributed by atoms with Gasteiger partial charge >= 0.3 is 18.8 Å². The number of alkyl halides is 2. The van der Waals surface area contributed by atoms with Gasteiger partial charge in [-0.15, -0.1) is 0 Å². The lowest BCUT2D eigenvalue weighted by Crippen LogP contribution is -2.52. The van der Waals surface area contributed by atoms with Gasteiger partial charge in [0.1, 0.15) is 36.1 Å². The van der Waals surface area contributed by atoms with Crippen LogP contribution in [0.4, 0.5) is 18.4 Å². The van der Waals surface area contributed by atoms with E-state index in [0.29, 0.717) is 35.9 Å². The minimum Gasteiger partial charge on any atom is -0.488 e. The Hall–Kier alpha value is -6.30. The smallest absolute Gasteiger partial charge is 0.407 e. The number of nitrogens with one attached hydrogen (secondary N) is 4.